The number of esters is 1. The number of amides is 2. The van der Waals surface area contributed by atoms with Gasteiger partial charge < -0.3 is 15.0 Å². The number of nitrogens with one attached hydrogen (secondary N) is 1. The molecule has 6 nitrogen and oxygen atoms in total. The van der Waals surface area contributed by atoms with Crippen molar-refractivity contribution in [1.82, 2.24) is 0 Å². The molecule has 0 aromatic heterocycles. The summed E-state index contributed by atoms with van der Waals surface area (Å²) >= 11 is 0. The maximum Gasteiger partial charge on any atom is 0.340 e. The van der Waals surface area contributed by atoms with Crippen LogP contribution in [0.25, 0.3) is 0 Å². The molecule has 146 valence electrons. The molecule has 2 amide bonds. The Morgan fingerprint density at radius 2 is 1.79 bits per heavy atom. The Kier molecular flexibility index (Phi) is 5.78. The molecule has 1 unspecified atom stereocenters. The highest BCUT2D eigenvalue weighted by molar-refractivity contribution is 6.06. The number of rotatable bonds is 5. The van der Waals surface area contributed by atoms with Gasteiger partial charge in [0.15, 0.2) is 0 Å². The molecule has 1 fully saturated rings. The van der Waals surface area contributed by atoms with Crippen molar-refractivity contribution in [2.24, 2.45) is 5.92 Å². The molecule has 1 aliphatic heterocycles. The summed E-state index contributed by atoms with van der Waals surface area (Å²) in [6.45, 7) is 6.21. The van der Waals surface area contributed by atoms with E-state index in [4.69, 9.17) is 4.74 Å². The smallest absolute Gasteiger partial charge is 0.340 e. The van der Waals surface area contributed by atoms with Gasteiger partial charge in [-0.1, -0.05) is 30.3 Å². The lowest BCUT2D eigenvalue weighted by atomic mass is 10.1. The monoisotopic (exact) mass is 380 g/mol. The molecule has 28 heavy (non-hydrogen) atoms. The highest BCUT2D eigenvalue weighted by Crippen LogP contribution is 2.31. The molecular formula is C22H24N2O4. The molecule has 0 radical (unpaired) electrons. The third-order valence-electron chi connectivity index (χ3n) is 4.89. The fourth-order valence-electron chi connectivity index (χ4n) is 3.54. The zero-order valence-corrected chi connectivity index (χ0v) is 16.3. The van der Waals surface area contributed by atoms with Crippen molar-refractivity contribution in [1.29, 1.82) is 0 Å². The first-order valence-corrected chi connectivity index (χ1v) is 9.36. The summed E-state index contributed by atoms with van der Waals surface area (Å²) in [5.41, 5.74) is 3.57. The van der Waals surface area contributed by atoms with E-state index < -0.39 is 11.9 Å². The van der Waals surface area contributed by atoms with Gasteiger partial charge in [0.1, 0.15) is 0 Å². The van der Waals surface area contributed by atoms with Crippen molar-refractivity contribution in [2.45, 2.75) is 27.2 Å². The first kappa shape index (κ1) is 19.6. The number of aryl methyl sites for hydroxylation is 2. The Labute approximate surface area is 164 Å². The minimum atomic E-state index is -0.488. The van der Waals surface area contributed by atoms with Gasteiger partial charge >= 0.3 is 5.97 Å². The number of hydrogen-bond acceptors (Lipinski definition) is 4. The third kappa shape index (κ3) is 3.91. The van der Waals surface area contributed by atoms with Crippen LogP contribution >= 0.6 is 0 Å². The van der Waals surface area contributed by atoms with Crippen LogP contribution in [0.4, 0.5) is 11.4 Å². The van der Waals surface area contributed by atoms with Crippen molar-refractivity contribution in [3.63, 3.8) is 0 Å². The molecule has 0 bridgehead atoms. The number of ether oxygens (including phenoxy) is 1. The Balaban J connectivity index is 1.77. The summed E-state index contributed by atoms with van der Waals surface area (Å²) in [5, 5.41) is 2.79. The normalized spacial score (nSPS) is 16.2. The molecule has 0 spiro atoms. The summed E-state index contributed by atoms with van der Waals surface area (Å²) < 4.78 is 5.04. The Morgan fingerprint density at radius 1 is 1.11 bits per heavy atom. The van der Waals surface area contributed by atoms with E-state index in [1.54, 1.807) is 36.1 Å². The molecule has 1 saturated heterocycles. The molecule has 1 heterocycles. The van der Waals surface area contributed by atoms with Gasteiger partial charge in [-0.25, -0.2) is 4.79 Å². The fourth-order valence-corrected chi connectivity index (χ4v) is 3.54. The quantitative estimate of drug-likeness (QED) is 0.806. The van der Waals surface area contributed by atoms with Crippen molar-refractivity contribution >= 4 is 29.2 Å². The molecule has 1 N–H and O–H groups in total. The predicted octanol–water partition coefficient (Wildman–Crippen LogP) is 3.47. The summed E-state index contributed by atoms with van der Waals surface area (Å²) in [4.78, 5) is 39.2. The average molecular weight is 380 g/mol. The second-order valence-electron chi connectivity index (χ2n) is 6.90. The van der Waals surface area contributed by atoms with E-state index in [9.17, 15) is 14.4 Å². The SMILES string of the molecule is CCOC(=O)c1ccccc1NC(=O)C1CC(=O)N(c2c(C)cccc2C)C1. The summed E-state index contributed by atoms with van der Waals surface area (Å²) in [5.74, 6) is -1.32. The average Bonchev–Trinajstić information content (AvgIpc) is 3.04. The zero-order valence-electron chi connectivity index (χ0n) is 16.3. The summed E-state index contributed by atoms with van der Waals surface area (Å²) in [6.07, 6.45) is 0.140. The molecule has 1 atom stereocenters. The van der Waals surface area contributed by atoms with E-state index in [1.165, 1.54) is 0 Å². The minimum Gasteiger partial charge on any atom is -0.462 e. The van der Waals surface area contributed by atoms with Crippen molar-refractivity contribution < 1.29 is 19.1 Å². The number of carbonyl (C=O) groups is 3. The van der Waals surface area contributed by atoms with Gasteiger partial charge in [-0.3, -0.25) is 9.59 Å². The van der Waals surface area contributed by atoms with Crippen LogP contribution in [-0.4, -0.2) is 30.9 Å². The highest BCUT2D eigenvalue weighted by Gasteiger charge is 2.36. The van der Waals surface area contributed by atoms with Crippen LogP contribution in [0.5, 0.6) is 0 Å². The predicted molar refractivity (Wildman–Crippen MR) is 107 cm³/mol. The zero-order chi connectivity index (χ0) is 20.3. The third-order valence-corrected chi connectivity index (χ3v) is 4.89. The molecule has 6 heteroatoms. The standard InChI is InChI=1S/C22H24N2O4/c1-4-28-22(27)17-10-5-6-11-18(17)23-21(26)16-12-19(25)24(13-16)20-14(2)8-7-9-15(20)3/h5-11,16H,4,12-13H2,1-3H3,(H,23,26). The Morgan fingerprint density at radius 3 is 2.46 bits per heavy atom. The van der Waals surface area contributed by atoms with Gasteiger partial charge in [0, 0.05) is 18.7 Å². The van der Waals surface area contributed by atoms with E-state index in [-0.39, 0.29) is 24.8 Å². The molecule has 2 aromatic rings. The number of benzene rings is 2. The van der Waals surface area contributed by atoms with Crippen LogP contribution in [0.3, 0.4) is 0 Å². The number of hydrogen-bond donors (Lipinski definition) is 1. The second-order valence-corrected chi connectivity index (χ2v) is 6.90. The lowest BCUT2D eigenvalue weighted by Crippen LogP contribution is -2.29. The lowest BCUT2D eigenvalue weighted by molar-refractivity contribution is -0.122. The van der Waals surface area contributed by atoms with E-state index in [0.29, 0.717) is 17.8 Å². The summed E-state index contributed by atoms with van der Waals surface area (Å²) in [6, 6.07) is 12.6. The van der Waals surface area contributed by atoms with Gasteiger partial charge in [0.2, 0.25) is 11.8 Å². The van der Waals surface area contributed by atoms with Gasteiger partial charge in [-0.15, -0.1) is 0 Å². The molecular weight excluding hydrogens is 356 g/mol. The minimum absolute atomic E-state index is 0.0729. The van der Waals surface area contributed by atoms with Crippen LogP contribution in [0.1, 0.15) is 34.8 Å². The molecule has 1 aliphatic rings. The summed E-state index contributed by atoms with van der Waals surface area (Å²) in [7, 11) is 0. The number of para-hydroxylation sites is 2. The van der Waals surface area contributed by atoms with Crippen LogP contribution in [0, 0.1) is 19.8 Å². The van der Waals surface area contributed by atoms with Crippen LogP contribution in [0.2, 0.25) is 0 Å². The molecule has 0 saturated carbocycles. The van der Waals surface area contributed by atoms with Crippen molar-refractivity contribution in [3.8, 4) is 0 Å². The molecule has 0 aliphatic carbocycles. The lowest BCUT2D eigenvalue weighted by Gasteiger charge is -2.21. The highest BCUT2D eigenvalue weighted by atomic mass is 16.5. The fraction of sp³-hybridized carbons (Fsp3) is 0.318. The molecule has 3 rings (SSSR count). The number of nitrogens with zero attached hydrogens (tertiary/aromatic N) is 1. The van der Waals surface area contributed by atoms with E-state index in [2.05, 4.69) is 5.32 Å². The maximum absolute atomic E-state index is 12.8. The van der Waals surface area contributed by atoms with E-state index in [0.717, 1.165) is 16.8 Å². The van der Waals surface area contributed by atoms with Crippen molar-refractivity contribution in [2.75, 3.05) is 23.4 Å². The number of anilines is 2. The largest absolute Gasteiger partial charge is 0.462 e. The topological polar surface area (TPSA) is 75.7 Å². The second kappa shape index (κ2) is 8.25. The Bertz CT molecular complexity index is 902. The van der Waals surface area contributed by atoms with Crippen LogP contribution in [-0.2, 0) is 14.3 Å². The first-order chi connectivity index (χ1) is 13.4. The number of carbonyl (C=O) groups excluding carboxylic acids is 3. The van der Waals surface area contributed by atoms with Gasteiger partial charge in [-0.05, 0) is 44.0 Å². The van der Waals surface area contributed by atoms with E-state index in [1.807, 2.05) is 32.0 Å². The first-order valence-electron chi connectivity index (χ1n) is 9.36. The van der Waals surface area contributed by atoms with E-state index >= 15 is 0 Å². The van der Waals surface area contributed by atoms with Gasteiger partial charge in [0.05, 0.1) is 23.8 Å². The molecule has 2 aromatic carbocycles. The van der Waals surface area contributed by atoms with Crippen LogP contribution in [0.15, 0.2) is 42.5 Å². The van der Waals surface area contributed by atoms with Crippen molar-refractivity contribution in [3.05, 3.63) is 59.2 Å². The van der Waals surface area contributed by atoms with Gasteiger partial charge in [-0.2, -0.15) is 0 Å². The Hall–Kier alpha value is -3.15. The maximum atomic E-state index is 12.8. The van der Waals surface area contributed by atoms with Crippen LogP contribution < -0.4 is 10.2 Å². The van der Waals surface area contributed by atoms with Gasteiger partial charge in [0.25, 0.3) is 0 Å².